The summed E-state index contributed by atoms with van der Waals surface area (Å²) in [4.78, 5) is 16.0. The van der Waals surface area contributed by atoms with E-state index in [0.29, 0.717) is 0 Å². The summed E-state index contributed by atoms with van der Waals surface area (Å²) in [7, 11) is -1.14. The monoisotopic (exact) mass is 309 g/mol. The Morgan fingerprint density at radius 2 is 1.41 bits per heavy atom. The number of amides is 1. The first-order chi connectivity index (χ1) is 10.4. The molecule has 0 atom stereocenters. The minimum atomic E-state index is -1.14. The number of rotatable bonds is 3. The van der Waals surface area contributed by atoms with E-state index in [-0.39, 0.29) is 11.8 Å². The summed E-state index contributed by atoms with van der Waals surface area (Å²) < 4.78 is 0. The van der Waals surface area contributed by atoms with Crippen LogP contribution in [0.1, 0.15) is 30.9 Å². The normalized spacial score (nSPS) is 13.9. The Morgan fingerprint density at radius 1 is 0.955 bits per heavy atom. The third kappa shape index (κ3) is 2.30. The zero-order valence-corrected chi connectivity index (χ0v) is 14.8. The van der Waals surface area contributed by atoms with Crippen LogP contribution in [0, 0.1) is 5.41 Å². The highest BCUT2D eigenvalue weighted by molar-refractivity contribution is 6.56. The molecule has 0 aliphatic heterocycles. The molecule has 3 rings (SSSR count). The van der Waals surface area contributed by atoms with Crippen LogP contribution in [0.2, 0.25) is 13.1 Å². The van der Waals surface area contributed by atoms with Gasteiger partial charge in [0.2, 0.25) is 5.91 Å². The van der Waals surface area contributed by atoms with Crippen molar-refractivity contribution in [2.24, 2.45) is 5.41 Å². The van der Waals surface area contributed by atoms with Gasteiger partial charge in [0.25, 0.3) is 0 Å². The lowest BCUT2D eigenvalue weighted by molar-refractivity contribution is -0.128. The van der Waals surface area contributed by atoms with E-state index in [1.165, 1.54) is 22.3 Å². The molecule has 2 aromatic carbocycles. The fraction of sp³-hybridized carbons (Fsp3) is 0.316. The van der Waals surface area contributed by atoms with Crippen LogP contribution in [0.15, 0.2) is 48.5 Å². The molecule has 0 unspecified atom stereocenters. The van der Waals surface area contributed by atoms with Gasteiger partial charge in [-0.2, -0.15) is 0 Å². The third-order valence-electron chi connectivity index (χ3n) is 4.56. The average Bonchev–Trinajstić information content (AvgIpc) is 2.81. The van der Waals surface area contributed by atoms with E-state index >= 15 is 0 Å². The Hall–Kier alpha value is -1.87. The Kier molecular flexibility index (Phi) is 3.69. The SMILES string of the molecule is C[SiH](C)NC(=O)C(C)(C)C1c2ccccc2-c2ccccc21. The molecule has 3 heteroatoms. The van der Waals surface area contributed by atoms with E-state index in [4.69, 9.17) is 0 Å². The largest absolute Gasteiger partial charge is 0.385 e. The van der Waals surface area contributed by atoms with Gasteiger partial charge in [-0.3, -0.25) is 4.79 Å². The molecular formula is C19H23NOSi. The fourth-order valence-electron chi connectivity index (χ4n) is 3.51. The van der Waals surface area contributed by atoms with Gasteiger partial charge in [-0.25, -0.2) is 0 Å². The van der Waals surface area contributed by atoms with Crippen molar-refractivity contribution in [3.05, 3.63) is 59.7 Å². The Morgan fingerprint density at radius 3 is 1.86 bits per heavy atom. The summed E-state index contributed by atoms with van der Waals surface area (Å²) in [5.74, 6) is 0.290. The highest BCUT2D eigenvalue weighted by Crippen LogP contribution is 2.52. The molecule has 0 aromatic heterocycles. The van der Waals surface area contributed by atoms with Crippen molar-refractivity contribution in [1.82, 2.24) is 4.98 Å². The first-order valence-electron chi connectivity index (χ1n) is 7.92. The molecule has 0 bridgehead atoms. The molecule has 1 amide bonds. The van der Waals surface area contributed by atoms with Crippen molar-refractivity contribution in [2.75, 3.05) is 0 Å². The lowest BCUT2D eigenvalue weighted by atomic mass is 9.73. The van der Waals surface area contributed by atoms with Crippen molar-refractivity contribution in [2.45, 2.75) is 32.9 Å². The second-order valence-corrected chi connectivity index (χ2v) is 9.56. The number of fused-ring (bicyclic) bond motifs is 3. The summed E-state index contributed by atoms with van der Waals surface area (Å²) in [5, 5.41) is 0. The van der Waals surface area contributed by atoms with E-state index < -0.39 is 14.4 Å². The van der Waals surface area contributed by atoms with Crippen molar-refractivity contribution in [1.29, 1.82) is 0 Å². The standard InChI is InChI=1S/C19H23NOSi/c1-19(2,18(21)20-22(3)4)17-15-11-7-5-9-13(15)14-10-6-8-12-16(14)17/h5-12,17,22H,1-4H3,(H,20,21). The zero-order chi connectivity index (χ0) is 15.9. The number of carbonyl (C=O) groups is 1. The Bertz CT molecular complexity index is 675. The van der Waals surface area contributed by atoms with E-state index in [0.717, 1.165) is 0 Å². The van der Waals surface area contributed by atoms with Gasteiger partial charge in [-0.1, -0.05) is 75.5 Å². The minimum Gasteiger partial charge on any atom is -0.385 e. The number of nitrogens with one attached hydrogen (secondary N) is 1. The quantitative estimate of drug-likeness (QED) is 0.855. The summed E-state index contributed by atoms with van der Waals surface area (Å²) in [5.41, 5.74) is 4.63. The van der Waals surface area contributed by atoms with Crippen molar-refractivity contribution >= 4 is 14.9 Å². The van der Waals surface area contributed by atoms with Crippen LogP contribution in [0.3, 0.4) is 0 Å². The highest BCUT2D eigenvalue weighted by Gasteiger charge is 2.43. The predicted molar refractivity (Wildman–Crippen MR) is 94.5 cm³/mol. The summed E-state index contributed by atoms with van der Waals surface area (Å²) in [6, 6.07) is 17.0. The molecule has 0 fully saturated rings. The zero-order valence-electron chi connectivity index (χ0n) is 13.7. The maximum absolute atomic E-state index is 12.8. The average molecular weight is 309 g/mol. The first-order valence-corrected chi connectivity index (χ1v) is 10.8. The van der Waals surface area contributed by atoms with Crippen LogP contribution < -0.4 is 4.98 Å². The number of carbonyl (C=O) groups excluding carboxylic acids is 1. The molecule has 1 aliphatic carbocycles. The van der Waals surface area contributed by atoms with Gasteiger partial charge >= 0.3 is 0 Å². The molecule has 0 saturated heterocycles. The Balaban J connectivity index is 2.12. The van der Waals surface area contributed by atoms with Crippen molar-refractivity contribution in [3.8, 4) is 11.1 Å². The molecule has 1 N–H and O–H groups in total. The number of hydrogen-bond acceptors (Lipinski definition) is 1. The molecule has 0 heterocycles. The van der Waals surface area contributed by atoms with Gasteiger partial charge in [0.1, 0.15) is 8.96 Å². The maximum atomic E-state index is 12.8. The topological polar surface area (TPSA) is 29.1 Å². The van der Waals surface area contributed by atoms with E-state index in [1.54, 1.807) is 0 Å². The third-order valence-corrected chi connectivity index (χ3v) is 5.40. The van der Waals surface area contributed by atoms with Crippen LogP contribution in [0.4, 0.5) is 0 Å². The van der Waals surface area contributed by atoms with Crippen LogP contribution in [-0.2, 0) is 4.79 Å². The van der Waals surface area contributed by atoms with Gasteiger partial charge in [-0.05, 0) is 22.3 Å². The maximum Gasteiger partial charge on any atom is 0.218 e. The van der Waals surface area contributed by atoms with Gasteiger partial charge < -0.3 is 4.98 Å². The lowest BCUT2D eigenvalue weighted by Crippen LogP contribution is -2.45. The smallest absolute Gasteiger partial charge is 0.218 e. The van der Waals surface area contributed by atoms with Crippen LogP contribution in [-0.4, -0.2) is 14.9 Å². The van der Waals surface area contributed by atoms with Crippen LogP contribution >= 0.6 is 0 Å². The molecule has 0 radical (unpaired) electrons. The van der Waals surface area contributed by atoms with Crippen molar-refractivity contribution in [3.63, 3.8) is 0 Å². The second-order valence-electron chi connectivity index (χ2n) is 6.96. The van der Waals surface area contributed by atoms with E-state index in [9.17, 15) is 4.79 Å². The van der Waals surface area contributed by atoms with Gasteiger partial charge in [-0.15, -0.1) is 0 Å². The number of hydrogen-bond donors (Lipinski definition) is 1. The van der Waals surface area contributed by atoms with Gasteiger partial charge in [0, 0.05) is 5.92 Å². The summed E-state index contributed by atoms with van der Waals surface area (Å²) in [6.45, 7) is 8.43. The Labute approximate surface area is 134 Å². The minimum absolute atomic E-state index is 0.118. The van der Waals surface area contributed by atoms with E-state index in [2.05, 4.69) is 80.5 Å². The van der Waals surface area contributed by atoms with Gasteiger partial charge in [0.05, 0.1) is 5.41 Å². The lowest BCUT2D eigenvalue weighted by Gasteiger charge is -2.32. The predicted octanol–water partition coefficient (Wildman–Crippen LogP) is 3.92. The van der Waals surface area contributed by atoms with Crippen molar-refractivity contribution < 1.29 is 4.79 Å². The van der Waals surface area contributed by atoms with E-state index in [1.807, 2.05) is 0 Å². The molecule has 1 aliphatic rings. The molecule has 114 valence electrons. The van der Waals surface area contributed by atoms with Gasteiger partial charge in [0.15, 0.2) is 0 Å². The molecule has 0 saturated carbocycles. The summed E-state index contributed by atoms with van der Waals surface area (Å²) >= 11 is 0. The summed E-state index contributed by atoms with van der Waals surface area (Å²) in [6.07, 6.45) is 0. The molecule has 2 nitrogen and oxygen atoms in total. The second kappa shape index (κ2) is 5.40. The number of benzene rings is 2. The van der Waals surface area contributed by atoms with Crippen LogP contribution in [0.25, 0.3) is 11.1 Å². The fourth-order valence-corrected chi connectivity index (χ4v) is 4.41. The molecule has 22 heavy (non-hydrogen) atoms. The molecular weight excluding hydrogens is 286 g/mol. The first kappa shape index (κ1) is 15.0. The van der Waals surface area contributed by atoms with Crippen LogP contribution in [0.5, 0.6) is 0 Å². The molecule has 0 spiro atoms. The highest BCUT2D eigenvalue weighted by atomic mass is 28.3. The molecule has 2 aromatic rings.